The first-order valence-electron chi connectivity index (χ1n) is 9.41. The van der Waals surface area contributed by atoms with Crippen LogP contribution in [-0.2, 0) is 6.42 Å². The zero-order chi connectivity index (χ0) is 19.5. The van der Waals surface area contributed by atoms with Crippen molar-refractivity contribution in [2.75, 3.05) is 20.2 Å². The molecule has 2 aromatic heterocycles. The van der Waals surface area contributed by atoms with Crippen molar-refractivity contribution in [3.63, 3.8) is 0 Å². The summed E-state index contributed by atoms with van der Waals surface area (Å²) < 4.78 is 16.5. The van der Waals surface area contributed by atoms with Crippen molar-refractivity contribution in [3.8, 4) is 5.75 Å². The molecule has 1 saturated heterocycles. The van der Waals surface area contributed by atoms with E-state index in [1.54, 1.807) is 25.1 Å². The molecular formula is C21H23N3O4. The molecule has 0 radical (unpaired) electrons. The minimum Gasteiger partial charge on any atom is -0.497 e. The standard InChI is InChI=1S/C21H23N3O4/c1-14-19(27-13-23-14)21(25)24-9-3-4-16(12-24)20-22-11-18(28-20)10-15-5-7-17(26-2)8-6-15/h5-8,11,13,16H,3-4,9-10,12H2,1-2H3/t16-/m0/s1. The van der Waals surface area contributed by atoms with Gasteiger partial charge in [-0.2, -0.15) is 0 Å². The Hall–Kier alpha value is -3.09. The van der Waals surface area contributed by atoms with E-state index >= 15 is 0 Å². The number of hydrogen-bond acceptors (Lipinski definition) is 6. The lowest BCUT2D eigenvalue weighted by Crippen LogP contribution is -2.39. The number of carbonyl (C=O) groups is 1. The molecule has 1 atom stereocenters. The Morgan fingerprint density at radius 3 is 2.82 bits per heavy atom. The highest BCUT2D eigenvalue weighted by molar-refractivity contribution is 5.92. The van der Waals surface area contributed by atoms with Crippen LogP contribution in [0.4, 0.5) is 0 Å². The molecule has 0 N–H and O–H groups in total. The van der Waals surface area contributed by atoms with Crippen LogP contribution < -0.4 is 4.74 Å². The quantitative estimate of drug-likeness (QED) is 0.672. The normalized spacial score (nSPS) is 16.9. The van der Waals surface area contributed by atoms with Crippen LogP contribution in [0.5, 0.6) is 5.75 Å². The Balaban J connectivity index is 1.42. The molecular weight excluding hydrogens is 358 g/mol. The molecule has 0 spiro atoms. The molecule has 1 amide bonds. The van der Waals surface area contributed by atoms with Gasteiger partial charge in [-0.15, -0.1) is 0 Å². The molecule has 7 heteroatoms. The number of amides is 1. The minimum atomic E-state index is -0.121. The lowest BCUT2D eigenvalue weighted by atomic mass is 9.97. The SMILES string of the molecule is COc1ccc(Cc2cnc([C@H]3CCCN(C(=O)c4ocnc4C)C3)o2)cc1. The summed E-state index contributed by atoms with van der Waals surface area (Å²) in [5.41, 5.74) is 1.75. The second kappa shape index (κ2) is 7.88. The van der Waals surface area contributed by atoms with Crippen LogP contribution in [-0.4, -0.2) is 41.0 Å². The molecule has 0 unspecified atom stereocenters. The lowest BCUT2D eigenvalue weighted by molar-refractivity contribution is 0.0664. The van der Waals surface area contributed by atoms with Crippen molar-refractivity contribution in [1.29, 1.82) is 0 Å². The molecule has 0 bridgehead atoms. The summed E-state index contributed by atoms with van der Waals surface area (Å²) >= 11 is 0. The molecule has 3 heterocycles. The zero-order valence-corrected chi connectivity index (χ0v) is 16.1. The van der Waals surface area contributed by atoms with Crippen LogP contribution >= 0.6 is 0 Å². The van der Waals surface area contributed by atoms with Gasteiger partial charge < -0.3 is 18.5 Å². The van der Waals surface area contributed by atoms with E-state index in [2.05, 4.69) is 9.97 Å². The van der Waals surface area contributed by atoms with Gasteiger partial charge in [0.05, 0.1) is 24.9 Å². The highest BCUT2D eigenvalue weighted by Crippen LogP contribution is 2.28. The van der Waals surface area contributed by atoms with Crippen LogP contribution in [0.2, 0.25) is 0 Å². The van der Waals surface area contributed by atoms with Crippen LogP contribution in [0.25, 0.3) is 0 Å². The molecule has 4 rings (SSSR count). The highest BCUT2D eigenvalue weighted by Gasteiger charge is 2.30. The monoisotopic (exact) mass is 381 g/mol. The minimum absolute atomic E-state index is 0.0885. The first-order valence-corrected chi connectivity index (χ1v) is 9.41. The van der Waals surface area contributed by atoms with Crippen molar-refractivity contribution in [2.24, 2.45) is 0 Å². The summed E-state index contributed by atoms with van der Waals surface area (Å²) in [7, 11) is 1.65. The van der Waals surface area contributed by atoms with Gasteiger partial charge in [0, 0.05) is 19.5 Å². The van der Waals surface area contributed by atoms with E-state index in [-0.39, 0.29) is 11.8 Å². The van der Waals surface area contributed by atoms with E-state index in [1.165, 1.54) is 6.39 Å². The van der Waals surface area contributed by atoms with Crippen LogP contribution in [0.3, 0.4) is 0 Å². The second-order valence-corrected chi connectivity index (χ2v) is 7.05. The van der Waals surface area contributed by atoms with E-state index in [1.807, 2.05) is 24.3 Å². The molecule has 0 saturated carbocycles. The predicted molar refractivity (Wildman–Crippen MR) is 101 cm³/mol. The first-order chi connectivity index (χ1) is 13.6. The number of benzene rings is 1. The number of rotatable bonds is 5. The van der Waals surface area contributed by atoms with Crippen molar-refractivity contribution in [1.82, 2.24) is 14.9 Å². The summed E-state index contributed by atoms with van der Waals surface area (Å²) in [5, 5.41) is 0. The number of aryl methyl sites for hydroxylation is 1. The van der Waals surface area contributed by atoms with Crippen molar-refractivity contribution in [2.45, 2.75) is 32.1 Å². The molecule has 146 valence electrons. The Labute approximate surface area is 163 Å². The number of oxazole rings is 2. The van der Waals surface area contributed by atoms with E-state index in [0.29, 0.717) is 36.9 Å². The van der Waals surface area contributed by atoms with Gasteiger partial charge in [-0.25, -0.2) is 9.97 Å². The lowest BCUT2D eigenvalue weighted by Gasteiger charge is -2.30. The predicted octanol–water partition coefficient (Wildman–Crippen LogP) is 3.59. The maximum atomic E-state index is 12.7. The number of carbonyl (C=O) groups excluding carboxylic acids is 1. The molecule has 1 aromatic carbocycles. The maximum absolute atomic E-state index is 12.7. The molecule has 1 fully saturated rings. The summed E-state index contributed by atoms with van der Waals surface area (Å²) in [4.78, 5) is 23.0. The third kappa shape index (κ3) is 3.78. The fourth-order valence-corrected chi connectivity index (χ4v) is 3.55. The van der Waals surface area contributed by atoms with Gasteiger partial charge in [0.15, 0.2) is 12.3 Å². The van der Waals surface area contributed by atoms with Crippen molar-refractivity contribution >= 4 is 5.91 Å². The third-order valence-electron chi connectivity index (χ3n) is 5.11. The number of piperidine rings is 1. The smallest absolute Gasteiger partial charge is 0.291 e. The van der Waals surface area contributed by atoms with E-state index in [9.17, 15) is 4.79 Å². The molecule has 3 aromatic rings. The van der Waals surface area contributed by atoms with E-state index < -0.39 is 0 Å². The van der Waals surface area contributed by atoms with E-state index in [4.69, 9.17) is 13.6 Å². The Bertz CT molecular complexity index is 945. The van der Waals surface area contributed by atoms with E-state index in [0.717, 1.165) is 29.9 Å². The largest absolute Gasteiger partial charge is 0.497 e. The highest BCUT2D eigenvalue weighted by atomic mass is 16.5. The van der Waals surface area contributed by atoms with Gasteiger partial charge in [-0.3, -0.25) is 4.79 Å². The van der Waals surface area contributed by atoms with Gasteiger partial charge >= 0.3 is 0 Å². The third-order valence-corrected chi connectivity index (χ3v) is 5.11. The Morgan fingerprint density at radius 2 is 2.11 bits per heavy atom. The number of nitrogens with zero attached hydrogens (tertiary/aromatic N) is 3. The molecule has 7 nitrogen and oxygen atoms in total. The number of likely N-dealkylation sites (tertiary alicyclic amines) is 1. The van der Waals surface area contributed by atoms with Gasteiger partial charge in [0.2, 0.25) is 5.76 Å². The van der Waals surface area contributed by atoms with Crippen LogP contribution in [0.1, 0.15) is 52.2 Å². The van der Waals surface area contributed by atoms with Crippen molar-refractivity contribution in [3.05, 3.63) is 65.5 Å². The summed E-state index contributed by atoms with van der Waals surface area (Å²) in [6.45, 7) is 3.05. The average Bonchev–Trinajstić information content (AvgIpc) is 3.37. The second-order valence-electron chi connectivity index (χ2n) is 7.05. The van der Waals surface area contributed by atoms with Gasteiger partial charge in [-0.05, 0) is 37.5 Å². The number of methoxy groups -OCH3 is 1. The van der Waals surface area contributed by atoms with Gasteiger partial charge in [-0.1, -0.05) is 12.1 Å². The van der Waals surface area contributed by atoms with Crippen molar-refractivity contribution < 1.29 is 18.4 Å². The summed E-state index contributed by atoms with van der Waals surface area (Å²) in [6.07, 6.45) is 5.61. The Kier molecular flexibility index (Phi) is 5.14. The topological polar surface area (TPSA) is 81.6 Å². The molecule has 1 aliphatic heterocycles. The fourth-order valence-electron chi connectivity index (χ4n) is 3.55. The van der Waals surface area contributed by atoms with Gasteiger partial charge in [0.25, 0.3) is 5.91 Å². The maximum Gasteiger partial charge on any atom is 0.291 e. The molecule has 1 aliphatic rings. The number of ether oxygens (including phenoxy) is 1. The van der Waals surface area contributed by atoms with Crippen LogP contribution in [0, 0.1) is 6.92 Å². The van der Waals surface area contributed by atoms with Crippen LogP contribution in [0.15, 0.2) is 45.7 Å². The average molecular weight is 381 g/mol. The summed E-state index contributed by atoms with van der Waals surface area (Å²) in [6, 6.07) is 7.90. The fraction of sp³-hybridized carbons (Fsp3) is 0.381. The zero-order valence-electron chi connectivity index (χ0n) is 16.1. The number of aromatic nitrogens is 2. The first kappa shape index (κ1) is 18.3. The Morgan fingerprint density at radius 1 is 1.29 bits per heavy atom. The van der Waals surface area contributed by atoms with Gasteiger partial charge in [0.1, 0.15) is 11.5 Å². The molecule has 0 aliphatic carbocycles. The summed E-state index contributed by atoms with van der Waals surface area (Å²) in [5.74, 6) is 2.62. The molecule has 28 heavy (non-hydrogen) atoms. The number of hydrogen-bond donors (Lipinski definition) is 0.